The molecule has 4 nitrogen and oxygen atoms in total. The summed E-state index contributed by atoms with van der Waals surface area (Å²) in [6, 6.07) is 6.41. The monoisotopic (exact) mass is 318 g/mol. The van der Waals surface area contributed by atoms with Gasteiger partial charge in [-0.2, -0.15) is 0 Å². The third kappa shape index (κ3) is 4.18. The fraction of sp³-hybridized carbons (Fsp3) is 0.444. The van der Waals surface area contributed by atoms with Gasteiger partial charge >= 0.3 is 0 Å². The molecule has 1 aromatic rings. The zero-order chi connectivity index (χ0) is 16.9. The van der Waals surface area contributed by atoms with Crippen molar-refractivity contribution in [3.05, 3.63) is 48.3 Å². The third-order valence-corrected chi connectivity index (χ3v) is 4.39. The van der Waals surface area contributed by atoms with E-state index in [0.717, 1.165) is 37.7 Å². The molecule has 1 aliphatic rings. The van der Waals surface area contributed by atoms with Crippen LogP contribution in [0.25, 0.3) is 0 Å². The molecule has 1 aliphatic carbocycles. The number of benzene rings is 1. The first-order chi connectivity index (χ1) is 11.0. The summed E-state index contributed by atoms with van der Waals surface area (Å²) >= 11 is 0. The number of halogens is 1. The van der Waals surface area contributed by atoms with Gasteiger partial charge < -0.3 is 10.2 Å². The lowest BCUT2D eigenvalue weighted by Gasteiger charge is -2.39. The van der Waals surface area contributed by atoms with Crippen molar-refractivity contribution in [1.82, 2.24) is 10.2 Å². The minimum atomic E-state index is -0.546. The molecular weight excluding hydrogens is 295 g/mol. The number of likely N-dealkylation sites (N-methyl/N-ethyl adjacent to an activating group) is 1. The molecule has 2 amide bonds. The van der Waals surface area contributed by atoms with Crippen molar-refractivity contribution in [1.29, 1.82) is 0 Å². The van der Waals surface area contributed by atoms with Crippen LogP contribution in [-0.4, -0.2) is 30.3 Å². The molecule has 0 bridgehead atoms. The number of rotatable bonds is 5. The molecule has 0 saturated heterocycles. The van der Waals surface area contributed by atoms with Crippen molar-refractivity contribution in [3.8, 4) is 0 Å². The van der Waals surface area contributed by atoms with E-state index in [1.54, 1.807) is 13.1 Å². The van der Waals surface area contributed by atoms with E-state index < -0.39 is 5.54 Å². The molecule has 23 heavy (non-hydrogen) atoms. The largest absolute Gasteiger partial charge is 0.345 e. The lowest BCUT2D eigenvalue weighted by Crippen LogP contribution is -2.50. The highest BCUT2D eigenvalue weighted by molar-refractivity contribution is 5.90. The van der Waals surface area contributed by atoms with E-state index in [4.69, 9.17) is 0 Å². The number of carbonyl (C=O) groups is 2. The van der Waals surface area contributed by atoms with Gasteiger partial charge in [0.25, 0.3) is 0 Å². The predicted molar refractivity (Wildman–Crippen MR) is 87.1 cm³/mol. The lowest BCUT2D eigenvalue weighted by atomic mass is 9.76. The molecule has 0 spiro atoms. The van der Waals surface area contributed by atoms with Crippen LogP contribution in [0.2, 0.25) is 0 Å². The maximum Gasteiger partial charge on any atom is 0.246 e. The molecule has 1 N–H and O–H groups in total. The van der Waals surface area contributed by atoms with Crippen molar-refractivity contribution < 1.29 is 14.0 Å². The minimum absolute atomic E-state index is 0.0398. The number of hydrogen-bond acceptors (Lipinski definition) is 2. The van der Waals surface area contributed by atoms with Crippen molar-refractivity contribution in [2.75, 3.05) is 13.6 Å². The van der Waals surface area contributed by atoms with E-state index in [0.29, 0.717) is 0 Å². The summed E-state index contributed by atoms with van der Waals surface area (Å²) < 4.78 is 13.6. The summed E-state index contributed by atoms with van der Waals surface area (Å²) in [5.41, 5.74) is 0.249. The van der Waals surface area contributed by atoms with Gasteiger partial charge in [-0.05, 0) is 36.6 Å². The summed E-state index contributed by atoms with van der Waals surface area (Å²) in [6.45, 7) is 3.37. The Morgan fingerprint density at radius 3 is 2.65 bits per heavy atom. The standard InChI is InChI=1S/C18H23FN2O2/c1-3-17(23)21(2)13-16(22)20-18(10-5-4-6-11-18)14-8-7-9-15(19)12-14/h3,7-9,12H,1,4-6,10-11,13H2,2H3,(H,20,22). The first-order valence-electron chi connectivity index (χ1n) is 7.91. The Labute approximate surface area is 136 Å². The molecule has 0 aliphatic heterocycles. The fourth-order valence-corrected chi connectivity index (χ4v) is 3.18. The number of nitrogens with zero attached hydrogens (tertiary/aromatic N) is 1. The van der Waals surface area contributed by atoms with Crippen LogP contribution in [0.1, 0.15) is 37.7 Å². The van der Waals surface area contributed by atoms with E-state index in [1.807, 2.05) is 6.07 Å². The minimum Gasteiger partial charge on any atom is -0.345 e. The second-order valence-electron chi connectivity index (χ2n) is 6.10. The van der Waals surface area contributed by atoms with Gasteiger partial charge in [0.05, 0.1) is 12.1 Å². The Hall–Kier alpha value is -2.17. The zero-order valence-electron chi connectivity index (χ0n) is 13.5. The zero-order valence-corrected chi connectivity index (χ0v) is 13.5. The Balaban J connectivity index is 2.17. The first-order valence-corrected chi connectivity index (χ1v) is 7.91. The maximum absolute atomic E-state index is 13.6. The highest BCUT2D eigenvalue weighted by Gasteiger charge is 2.35. The fourth-order valence-electron chi connectivity index (χ4n) is 3.18. The van der Waals surface area contributed by atoms with Crippen LogP contribution in [0.3, 0.4) is 0 Å². The molecule has 5 heteroatoms. The predicted octanol–water partition coefficient (Wildman–Crippen LogP) is 2.75. The molecule has 0 aromatic heterocycles. The third-order valence-electron chi connectivity index (χ3n) is 4.39. The van der Waals surface area contributed by atoms with Gasteiger partial charge in [0.2, 0.25) is 11.8 Å². The molecule has 0 radical (unpaired) electrons. The van der Waals surface area contributed by atoms with Gasteiger partial charge in [-0.25, -0.2) is 4.39 Å². The van der Waals surface area contributed by atoms with E-state index >= 15 is 0 Å². The smallest absolute Gasteiger partial charge is 0.246 e. The van der Waals surface area contributed by atoms with E-state index in [9.17, 15) is 14.0 Å². The SMILES string of the molecule is C=CC(=O)N(C)CC(=O)NC1(c2cccc(F)c2)CCCCC1. The molecule has 1 aromatic carbocycles. The highest BCUT2D eigenvalue weighted by atomic mass is 19.1. The van der Waals surface area contributed by atoms with Gasteiger partial charge in [-0.15, -0.1) is 0 Å². The summed E-state index contributed by atoms with van der Waals surface area (Å²) in [4.78, 5) is 25.2. The van der Waals surface area contributed by atoms with Gasteiger partial charge in [0, 0.05) is 7.05 Å². The Morgan fingerprint density at radius 1 is 1.35 bits per heavy atom. The molecule has 0 atom stereocenters. The second-order valence-corrected chi connectivity index (χ2v) is 6.10. The molecule has 1 saturated carbocycles. The van der Waals surface area contributed by atoms with Crippen LogP contribution < -0.4 is 5.32 Å². The van der Waals surface area contributed by atoms with E-state index in [-0.39, 0.29) is 24.2 Å². The Bertz CT molecular complexity index is 594. The summed E-state index contributed by atoms with van der Waals surface area (Å²) in [7, 11) is 1.55. The van der Waals surface area contributed by atoms with Gasteiger partial charge in [-0.3, -0.25) is 9.59 Å². The quantitative estimate of drug-likeness (QED) is 0.849. The highest BCUT2D eigenvalue weighted by Crippen LogP contribution is 2.37. The molecule has 2 rings (SSSR count). The van der Waals surface area contributed by atoms with E-state index in [1.165, 1.54) is 23.1 Å². The van der Waals surface area contributed by atoms with Crippen LogP contribution in [0.4, 0.5) is 4.39 Å². The molecule has 1 fully saturated rings. The topological polar surface area (TPSA) is 49.4 Å². The lowest BCUT2D eigenvalue weighted by molar-refractivity contribution is -0.132. The Morgan fingerprint density at radius 2 is 2.04 bits per heavy atom. The molecular formula is C18H23FN2O2. The first kappa shape index (κ1) is 17.2. The number of hydrogen-bond donors (Lipinski definition) is 1. The number of carbonyl (C=O) groups excluding carboxylic acids is 2. The molecule has 124 valence electrons. The maximum atomic E-state index is 13.6. The Kier molecular flexibility index (Phi) is 5.53. The van der Waals surface area contributed by atoms with Crippen molar-refractivity contribution in [2.24, 2.45) is 0 Å². The van der Waals surface area contributed by atoms with E-state index in [2.05, 4.69) is 11.9 Å². The molecule has 0 unspecified atom stereocenters. The van der Waals surface area contributed by atoms with Crippen molar-refractivity contribution >= 4 is 11.8 Å². The van der Waals surface area contributed by atoms with Gasteiger partial charge in [0.15, 0.2) is 0 Å². The summed E-state index contributed by atoms with van der Waals surface area (Å²) in [6.07, 6.45) is 5.82. The number of amides is 2. The van der Waals surface area contributed by atoms with Crippen LogP contribution in [0.15, 0.2) is 36.9 Å². The number of nitrogens with one attached hydrogen (secondary N) is 1. The van der Waals surface area contributed by atoms with Crippen LogP contribution >= 0.6 is 0 Å². The average Bonchev–Trinajstić information content (AvgIpc) is 2.54. The van der Waals surface area contributed by atoms with Gasteiger partial charge in [0.1, 0.15) is 5.82 Å². The van der Waals surface area contributed by atoms with Crippen LogP contribution in [0, 0.1) is 5.82 Å². The normalized spacial score (nSPS) is 16.4. The van der Waals surface area contributed by atoms with Crippen LogP contribution in [-0.2, 0) is 15.1 Å². The van der Waals surface area contributed by atoms with Crippen molar-refractivity contribution in [3.63, 3.8) is 0 Å². The van der Waals surface area contributed by atoms with Crippen molar-refractivity contribution in [2.45, 2.75) is 37.6 Å². The van der Waals surface area contributed by atoms with Gasteiger partial charge in [-0.1, -0.05) is 38.0 Å². The summed E-state index contributed by atoms with van der Waals surface area (Å²) in [5, 5.41) is 3.05. The second kappa shape index (κ2) is 7.40. The molecule has 0 heterocycles. The summed E-state index contributed by atoms with van der Waals surface area (Å²) in [5.74, 6) is -0.849. The van der Waals surface area contributed by atoms with Crippen LogP contribution in [0.5, 0.6) is 0 Å². The average molecular weight is 318 g/mol.